The van der Waals surface area contributed by atoms with Gasteiger partial charge in [0.1, 0.15) is 11.6 Å². The predicted molar refractivity (Wildman–Crippen MR) is 197 cm³/mol. The van der Waals surface area contributed by atoms with Crippen LogP contribution in [-0.4, -0.2) is 33.0 Å². The molecule has 7 aliphatic rings. The summed E-state index contributed by atoms with van der Waals surface area (Å²) in [6.07, 6.45) is 20.2. The first kappa shape index (κ1) is 29.0. The zero-order valence-electron chi connectivity index (χ0n) is 28.6. The number of fused-ring (bicyclic) bond motifs is 4. The summed E-state index contributed by atoms with van der Waals surface area (Å²) >= 11 is 0. The van der Waals surface area contributed by atoms with E-state index >= 15 is 0 Å². The zero-order chi connectivity index (χ0) is 32.1. The number of H-pyrrole nitrogens is 2. The molecular weight excluding hydrogens is 601 g/mol. The van der Waals surface area contributed by atoms with E-state index in [0.717, 1.165) is 36.7 Å². The fourth-order valence-corrected chi connectivity index (χ4v) is 11.4. The molecule has 0 amide bonds. The highest BCUT2D eigenvalue weighted by Gasteiger charge is 2.43. The van der Waals surface area contributed by atoms with Gasteiger partial charge in [-0.2, -0.15) is 0 Å². The summed E-state index contributed by atoms with van der Waals surface area (Å²) in [7, 11) is 0. The van der Waals surface area contributed by atoms with Crippen LogP contribution in [-0.2, 0) is 12.8 Å². The van der Waals surface area contributed by atoms with E-state index in [0.29, 0.717) is 29.3 Å². The first-order valence-electron chi connectivity index (χ1n) is 19.5. The van der Waals surface area contributed by atoms with Crippen LogP contribution in [0.2, 0.25) is 0 Å². The second-order valence-corrected chi connectivity index (χ2v) is 16.5. The maximum absolute atomic E-state index is 5.00. The molecule has 2 aliphatic heterocycles. The predicted octanol–water partition coefficient (Wildman–Crippen LogP) is 9.55. The van der Waals surface area contributed by atoms with Crippen LogP contribution in [0.5, 0.6) is 0 Å². The lowest BCUT2D eigenvalue weighted by Crippen LogP contribution is -2.23. The summed E-state index contributed by atoms with van der Waals surface area (Å²) in [6.45, 7) is 2.18. The highest BCUT2D eigenvalue weighted by atomic mass is 15.0. The van der Waals surface area contributed by atoms with Crippen molar-refractivity contribution in [1.29, 1.82) is 0 Å². The second-order valence-electron chi connectivity index (χ2n) is 16.5. The largest absolute Gasteiger partial charge is 0.341 e. The number of hydrogen-bond acceptors (Lipinski definition) is 4. The third-order valence-corrected chi connectivity index (χ3v) is 13.8. The van der Waals surface area contributed by atoms with E-state index in [2.05, 4.69) is 69.3 Å². The normalized spacial score (nSPS) is 26.7. The Bertz CT molecular complexity index is 2070. The lowest BCUT2D eigenvalue weighted by Gasteiger charge is -2.41. The molecule has 4 fully saturated rings. The van der Waals surface area contributed by atoms with Crippen molar-refractivity contribution in [2.45, 2.75) is 114 Å². The molecule has 1 spiro atoms. The van der Waals surface area contributed by atoms with Crippen LogP contribution in [0, 0.1) is 5.41 Å². The molecule has 3 aromatic carbocycles. The maximum Gasteiger partial charge on any atom is 0.124 e. The number of aromatic nitrogens is 4. The molecule has 2 saturated carbocycles. The van der Waals surface area contributed by atoms with Gasteiger partial charge in [0.05, 0.1) is 35.0 Å². The molecule has 2 saturated heterocycles. The summed E-state index contributed by atoms with van der Waals surface area (Å²) < 4.78 is 0. The van der Waals surface area contributed by atoms with Crippen LogP contribution in [0.25, 0.3) is 44.5 Å². The van der Waals surface area contributed by atoms with E-state index in [1.165, 1.54) is 122 Å². The number of nitrogens with one attached hydrogen (secondary N) is 4. The molecule has 5 aromatic rings. The first-order valence-corrected chi connectivity index (χ1v) is 19.5. The Morgan fingerprint density at radius 2 is 1.27 bits per heavy atom. The third-order valence-electron chi connectivity index (χ3n) is 13.8. The van der Waals surface area contributed by atoms with Crippen molar-refractivity contribution < 1.29 is 0 Å². The molecule has 6 heteroatoms. The lowest BCUT2D eigenvalue weighted by molar-refractivity contribution is 0.318. The molecular formula is C43H48N6. The van der Waals surface area contributed by atoms with E-state index in [-0.39, 0.29) is 0 Å². The molecule has 4 heterocycles. The van der Waals surface area contributed by atoms with Crippen molar-refractivity contribution >= 4 is 11.0 Å². The van der Waals surface area contributed by atoms with Gasteiger partial charge in [-0.05, 0) is 164 Å². The Kier molecular flexibility index (Phi) is 6.60. The molecule has 4 N–H and O–H groups in total. The fourth-order valence-electron chi connectivity index (χ4n) is 11.4. The lowest BCUT2D eigenvalue weighted by atomic mass is 9.63. The number of imidazole rings is 2. The molecule has 49 heavy (non-hydrogen) atoms. The molecule has 2 bridgehead atoms. The van der Waals surface area contributed by atoms with E-state index in [1.54, 1.807) is 22.3 Å². The van der Waals surface area contributed by atoms with Crippen molar-refractivity contribution in [3.63, 3.8) is 0 Å². The topological polar surface area (TPSA) is 81.4 Å². The molecule has 2 aromatic heterocycles. The van der Waals surface area contributed by atoms with Gasteiger partial charge < -0.3 is 20.6 Å². The molecule has 2 unspecified atom stereocenters. The highest BCUT2D eigenvalue weighted by molar-refractivity contribution is 5.87. The minimum atomic E-state index is 0.356. The first-order chi connectivity index (χ1) is 24.2. The van der Waals surface area contributed by atoms with Gasteiger partial charge in [0.2, 0.25) is 0 Å². The standard InChI is InChI=1S/C43H48N6/c1-2-18-43(17-1)22-32-29(13-14-30(33(32)23-43)38-24-46-41(49-38)35-5-3-19-44-35)31-15-12-28(39-25-7-9-26(10-8-25)40(31)39)27-11-16-34-37(21-27)48-42(47-34)36-6-4-20-45-36/h11-16,21,24-26,35-36,44-45H,1-10,17-20,22-23H2,(H,46,49)(H,47,48). The SMILES string of the molecule is c1cc2nc(C3CCCN3)[nH]c2cc1-c1ccc(-c2ccc(-c3cnc(C4CCCN4)[nH]3)c3c2CC2(CCCC2)C3)c2c1C1CCC2CC1. The van der Waals surface area contributed by atoms with Crippen LogP contribution in [0.3, 0.4) is 0 Å². The van der Waals surface area contributed by atoms with Crippen molar-refractivity contribution in [2.75, 3.05) is 13.1 Å². The van der Waals surface area contributed by atoms with Crippen molar-refractivity contribution in [3.8, 4) is 33.5 Å². The van der Waals surface area contributed by atoms with Gasteiger partial charge in [0, 0.05) is 5.56 Å². The molecule has 12 rings (SSSR count). The van der Waals surface area contributed by atoms with Crippen LogP contribution in [0.15, 0.2) is 48.7 Å². The number of hydrogen-bond donors (Lipinski definition) is 4. The van der Waals surface area contributed by atoms with Crippen LogP contribution >= 0.6 is 0 Å². The minimum Gasteiger partial charge on any atom is -0.341 e. The molecule has 250 valence electrons. The van der Waals surface area contributed by atoms with Crippen LogP contribution in [0.1, 0.15) is 135 Å². The quantitative estimate of drug-likeness (QED) is 0.153. The average Bonchev–Trinajstić information content (AvgIpc) is 3.99. The van der Waals surface area contributed by atoms with Crippen molar-refractivity contribution in [2.24, 2.45) is 5.41 Å². The van der Waals surface area contributed by atoms with Crippen molar-refractivity contribution in [3.05, 3.63) is 82.6 Å². The summed E-state index contributed by atoms with van der Waals surface area (Å²) in [5, 5.41) is 7.26. The molecule has 5 aliphatic carbocycles. The maximum atomic E-state index is 5.00. The van der Waals surface area contributed by atoms with Crippen LogP contribution in [0.4, 0.5) is 0 Å². The minimum absolute atomic E-state index is 0.356. The highest BCUT2D eigenvalue weighted by Crippen LogP contribution is 2.58. The Morgan fingerprint density at radius 1 is 0.612 bits per heavy atom. The van der Waals surface area contributed by atoms with Gasteiger partial charge in [-0.1, -0.05) is 43.2 Å². The van der Waals surface area contributed by atoms with Crippen molar-refractivity contribution in [1.82, 2.24) is 30.6 Å². The monoisotopic (exact) mass is 648 g/mol. The van der Waals surface area contributed by atoms with E-state index in [4.69, 9.17) is 9.97 Å². The van der Waals surface area contributed by atoms with Crippen LogP contribution < -0.4 is 10.6 Å². The summed E-state index contributed by atoms with van der Waals surface area (Å²) in [6, 6.07) is 17.7. The van der Waals surface area contributed by atoms with Gasteiger partial charge in [0.25, 0.3) is 0 Å². The van der Waals surface area contributed by atoms with Gasteiger partial charge >= 0.3 is 0 Å². The van der Waals surface area contributed by atoms with Gasteiger partial charge in [0.15, 0.2) is 0 Å². The Labute approximate surface area is 289 Å². The number of nitrogens with zero attached hydrogens (tertiary/aromatic N) is 2. The zero-order valence-corrected chi connectivity index (χ0v) is 28.6. The summed E-state index contributed by atoms with van der Waals surface area (Å²) in [5.41, 5.74) is 17.7. The Hall–Kier alpha value is -3.74. The Morgan fingerprint density at radius 3 is 2.00 bits per heavy atom. The van der Waals surface area contributed by atoms with Gasteiger partial charge in [-0.15, -0.1) is 0 Å². The summed E-state index contributed by atoms with van der Waals surface area (Å²) in [5.74, 6) is 3.53. The average molecular weight is 649 g/mol. The molecule has 0 radical (unpaired) electrons. The number of benzene rings is 3. The van der Waals surface area contributed by atoms with E-state index in [9.17, 15) is 0 Å². The van der Waals surface area contributed by atoms with E-state index in [1.807, 2.05) is 0 Å². The van der Waals surface area contributed by atoms with Gasteiger partial charge in [-0.25, -0.2) is 9.97 Å². The molecule has 2 atom stereocenters. The fraction of sp³-hybridized carbons (Fsp3) is 0.488. The smallest absolute Gasteiger partial charge is 0.124 e. The van der Waals surface area contributed by atoms with E-state index < -0.39 is 0 Å². The van der Waals surface area contributed by atoms with Gasteiger partial charge in [-0.3, -0.25) is 0 Å². The molecule has 6 nitrogen and oxygen atoms in total. The second kappa shape index (κ2) is 11.1. The third kappa shape index (κ3) is 4.59. The summed E-state index contributed by atoms with van der Waals surface area (Å²) in [4.78, 5) is 17.4. The number of rotatable bonds is 5. The number of aromatic amines is 2. The Balaban J connectivity index is 1.04.